The minimum atomic E-state index is 0.0429. The molecule has 2 heterocycles. The number of fused-ring (bicyclic) bond motifs is 1. The molecule has 0 spiro atoms. The molecule has 1 aliphatic heterocycles. The molecule has 1 aliphatic rings. The van der Waals surface area contributed by atoms with E-state index in [9.17, 15) is 4.79 Å². The summed E-state index contributed by atoms with van der Waals surface area (Å²) in [5, 5.41) is 0. The second kappa shape index (κ2) is 9.14. The van der Waals surface area contributed by atoms with Crippen LogP contribution < -0.4 is 9.64 Å². The van der Waals surface area contributed by atoms with E-state index in [1.807, 2.05) is 47.4 Å². The number of piperazine rings is 1. The summed E-state index contributed by atoms with van der Waals surface area (Å²) >= 11 is 0. The molecule has 0 radical (unpaired) electrons. The number of amides is 1. The molecule has 6 nitrogen and oxygen atoms in total. The van der Waals surface area contributed by atoms with Crippen LogP contribution in [0.15, 0.2) is 66.7 Å². The van der Waals surface area contributed by atoms with Gasteiger partial charge < -0.3 is 14.5 Å². The number of aryl methyl sites for hydroxylation is 2. The zero-order chi connectivity index (χ0) is 23.7. The van der Waals surface area contributed by atoms with Gasteiger partial charge in [-0.25, -0.2) is 9.97 Å². The molecule has 5 rings (SSSR count). The second-order valence-corrected chi connectivity index (χ2v) is 8.69. The molecule has 6 heteroatoms. The lowest BCUT2D eigenvalue weighted by molar-refractivity contribution is 0.0746. The van der Waals surface area contributed by atoms with Crippen LogP contribution >= 0.6 is 0 Å². The van der Waals surface area contributed by atoms with Gasteiger partial charge in [-0.1, -0.05) is 30.3 Å². The molecule has 3 aromatic carbocycles. The molecule has 0 saturated carbocycles. The van der Waals surface area contributed by atoms with Crippen LogP contribution in [0.3, 0.4) is 0 Å². The first kappa shape index (κ1) is 21.9. The molecular weight excluding hydrogens is 424 g/mol. The van der Waals surface area contributed by atoms with E-state index >= 15 is 0 Å². The summed E-state index contributed by atoms with van der Waals surface area (Å²) in [6.07, 6.45) is 0. The van der Waals surface area contributed by atoms with Gasteiger partial charge in [0, 0.05) is 37.3 Å². The Balaban J connectivity index is 1.43. The summed E-state index contributed by atoms with van der Waals surface area (Å²) < 4.78 is 5.21. The number of rotatable bonds is 4. The lowest BCUT2D eigenvalue weighted by atomic mass is 10.1. The summed E-state index contributed by atoms with van der Waals surface area (Å²) in [7, 11) is 1.62. The molecule has 0 N–H and O–H groups in total. The number of hydrogen-bond acceptors (Lipinski definition) is 5. The van der Waals surface area contributed by atoms with Crippen molar-refractivity contribution in [3.05, 3.63) is 83.4 Å². The van der Waals surface area contributed by atoms with Gasteiger partial charge in [-0.15, -0.1) is 0 Å². The maximum Gasteiger partial charge on any atom is 0.253 e. The molecule has 0 bridgehead atoms. The van der Waals surface area contributed by atoms with Gasteiger partial charge in [0.1, 0.15) is 11.4 Å². The fourth-order valence-corrected chi connectivity index (χ4v) is 4.35. The van der Waals surface area contributed by atoms with Crippen molar-refractivity contribution in [3.8, 4) is 17.0 Å². The molecule has 0 atom stereocenters. The number of hydrogen-bond donors (Lipinski definition) is 0. The molecule has 0 aliphatic carbocycles. The Morgan fingerprint density at radius 1 is 0.824 bits per heavy atom. The molecule has 1 fully saturated rings. The number of benzene rings is 3. The third-order valence-electron chi connectivity index (χ3n) is 6.51. The number of nitrogens with zero attached hydrogens (tertiary/aromatic N) is 4. The Hall–Kier alpha value is -3.93. The van der Waals surface area contributed by atoms with E-state index in [1.54, 1.807) is 7.11 Å². The fraction of sp³-hybridized carbons (Fsp3) is 0.250. The first-order valence-corrected chi connectivity index (χ1v) is 11.6. The van der Waals surface area contributed by atoms with E-state index in [4.69, 9.17) is 14.7 Å². The summed E-state index contributed by atoms with van der Waals surface area (Å²) in [4.78, 5) is 27.3. The van der Waals surface area contributed by atoms with Crippen molar-refractivity contribution < 1.29 is 9.53 Å². The third-order valence-corrected chi connectivity index (χ3v) is 6.51. The Bertz CT molecular complexity index is 1330. The van der Waals surface area contributed by atoms with Gasteiger partial charge in [-0.3, -0.25) is 4.79 Å². The van der Waals surface area contributed by atoms with Gasteiger partial charge in [0.15, 0.2) is 5.82 Å². The van der Waals surface area contributed by atoms with Crippen molar-refractivity contribution >= 4 is 22.8 Å². The highest BCUT2D eigenvalue weighted by Gasteiger charge is 2.25. The predicted octanol–water partition coefficient (Wildman–Crippen LogP) is 4.88. The zero-order valence-electron chi connectivity index (χ0n) is 19.8. The summed E-state index contributed by atoms with van der Waals surface area (Å²) in [6.45, 7) is 6.87. The molecule has 172 valence electrons. The maximum absolute atomic E-state index is 13.0. The van der Waals surface area contributed by atoms with Crippen molar-refractivity contribution in [1.82, 2.24) is 14.9 Å². The van der Waals surface area contributed by atoms with E-state index in [2.05, 4.69) is 43.0 Å². The van der Waals surface area contributed by atoms with Crippen LogP contribution in [0.5, 0.6) is 5.75 Å². The Morgan fingerprint density at radius 3 is 2.06 bits per heavy atom. The van der Waals surface area contributed by atoms with Gasteiger partial charge in [0.05, 0.1) is 18.1 Å². The Morgan fingerprint density at radius 2 is 1.44 bits per heavy atom. The Labute approximate surface area is 199 Å². The van der Waals surface area contributed by atoms with E-state index in [0.29, 0.717) is 31.7 Å². The average Bonchev–Trinajstić information content (AvgIpc) is 2.89. The van der Waals surface area contributed by atoms with Gasteiger partial charge in [-0.2, -0.15) is 0 Å². The minimum absolute atomic E-state index is 0.0429. The SMILES string of the molecule is COc1ccc(C(=O)N2CCN(c3nc4cc(C)c(C)cc4nc3-c3ccccc3)CC2)cc1. The molecule has 34 heavy (non-hydrogen) atoms. The fourth-order valence-electron chi connectivity index (χ4n) is 4.35. The first-order valence-electron chi connectivity index (χ1n) is 11.6. The highest BCUT2D eigenvalue weighted by atomic mass is 16.5. The number of ether oxygens (including phenoxy) is 1. The highest BCUT2D eigenvalue weighted by Crippen LogP contribution is 2.31. The molecule has 1 amide bonds. The van der Waals surface area contributed by atoms with Crippen molar-refractivity contribution in [2.45, 2.75) is 13.8 Å². The van der Waals surface area contributed by atoms with Crippen LogP contribution in [0.25, 0.3) is 22.3 Å². The van der Waals surface area contributed by atoms with Crippen LogP contribution in [-0.4, -0.2) is 54.1 Å². The highest BCUT2D eigenvalue weighted by molar-refractivity contribution is 5.94. The number of methoxy groups -OCH3 is 1. The van der Waals surface area contributed by atoms with Crippen LogP contribution in [0, 0.1) is 13.8 Å². The minimum Gasteiger partial charge on any atom is -0.497 e. The van der Waals surface area contributed by atoms with E-state index in [0.717, 1.165) is 33.9 Å². The lowest BCUT2D eigenvalue weighted by Gasteiger charge is -2.36. The predicted molar refractivity (Wildman–Crippen MR) is 136 cm³/mol. The molecule has 1 saturated heterocycles. The largest absolute Gasteiger partial charge is 0.497 e. The maximum atomic E-state index is 13.0. The molecule has 4 aromatic rings. The lowest BCUT2D eigenvalue weighted by Crippen LogP contribution is -2.49. The topological polar surface area (TPSA) is 58.6 Å². The number of anilines is 1. The third kappa shape index (κ3) is 4.19. The van der Waals surface area contributed by atoms with Crippen LogP contribution in [0.4, 0.5) is 5.82 Å². The quantitative estimate of drug-likeness (QED) is 0.442. The molecular formula is C28H28N4O2. The monoisotopic (exact) mass is 452 g/mol. The van der Waals surface area contributed by atoms with Crippen LogP contribution in [0.2, 0.25) is 0 Å². The first-order chi connectivity index (χ1) is 16.5. The smallest absolute Gasteiger partial charge is 0.253 e. The van der Waals surface area contributed by atoms with E-state index in [-0.39, 0.29) is 5.91 Å². The zero-order valence-corrected chi connectivity index (χ0v) is 19.8. The van der Waals surface area contributed by atoms with Crippen LogP contribution in [0.1, 0.15) is 21.5 Å². The Kier molecular flexibility index (Phi) is 5.88. The normalized spacial score (nSPS) is 13.9. The van der Waals surface area contributed by atoms with Gasteiger partial charge in [-0.05, 0) is 61.4 Å². The summed E-state index contributed by atoms with van der Waals surface area (Å²) in [5.74, 6) is 1.66. The number of carbonyl (C=O) groups is 1. The summed E-state index contributed by atoms with van der Waals surface area (Å²) in [6, 6.07) is 21.7. The van der Waals surface area contributed by atoms with E-state index < -0.39 is 0 Å². The average molecular weight is 453 g/mol. The standard InChI is InChI=1S/C28H28N4O2/c1-19-17-24-25(18-20(19)2)30-27(26(29-24)21-7-5-4-6-8-21)31-13-15-32(16-14-31)28(33)22-9-11-23(34-3)12-10-22/h4-12,17-18H,13-16H2,1-3H3. The number of aromatic nitrogens is 2. The van der Waals surface area contributed by atoms with E-state index in [1.165, 1.54) is 11.1 Å². The molecule has 1 aromatic heterocycles. The van der Waals surface area contributed by atoms with Crippen molar-refractivity contribution in [1.29, 1.82) is 0 Å². The van der Waals surface area contributed by atoms with Gasteiger partial charge in [0.25, 0.3) is 5.91 Å². The van der Waals surface area contributed by atoms with Crippen molar-refractivity contribution in [2.75, 3.05) is 38.2 Å². The van der Waals surface area contributed by atoms with Crippen LogP contribution in [-0.2, 0) is 0 Å². The van der Waals surface area contributed by atoms with Crippen molar-refractivity contribution in [3.63, 3.8) is 0 Å². The van der Waals surface area contributed by atoms with Gasteiger partial charge >= 0.3 is 0 Å². The van der Waals surface area contributed by atoms with Gasteiger partial charge in [0.2, 0.25) is 0 Å². The molecule has 0 unspecified atom stereocenters. The summed E-state index contributed by atoms with van der Waals surface area (Å²) in [5.41, 5.74) is 6.81. The van der Waals surface area contributed by atoms with Crippen molar-refractivity contribution in [2.24, 2.45) is 0 Å². The second-order valence-electron chi connectivity index (χ2n) is 8.69. The number of carbonyl (C=O) groups excluding carboxylic acids is 1.